The smallest absolute Gasteiger partial charge is 0.255 e. The molecule has 1 aromatic heterocycles. The van der Waals surface area contributed by atoms with Gasteiger partial charge in [-0.3, -0.25) is 19.3 Å². The third-order valence-corrected chi connectivity index (χ3v) is 7.76. The minimum atomic E-state index is -2.66. The maximum absolute atomic E-state index is 13.6. The Labute approximate surface area is 206 Å². The van der Waals surface area contributed by atoms with Crippen molar-refractivity contribution in [2.24, 2.45) is 17.6 Å². The lowest BCUT2D eigenvalue weighted by Crippen LogP contribution is -2.65. The number of nitrogens with zero attached hydrogens (tertiary/aromatic N) is 3. The summed E-state index contributed by atoms with van der Waals surface area (Å²) in [4.78, 5) is 47.0. The summed E-state index contributed by atoms with van der Waals surface area (Å²) < 4.78 is 5.39. The normalized spacial score (nSPS) is 30.6. The highest BCUT2D eigenvalue weighted by molar-refractivity contribution is 6.24. The summed E-state index contributed by atoms with van der Waals surface area (Å²) in [6.45, 7) is 1.34. The minimum Gasteiger partial charge on any atom is -0.510 e. The number of aliphatic hydroxyl groups excluding tert-OH is 2. The number of allylic oxidation sites excluding steroid dienone is 1. The van der Waals surface area contributed by atoms with Crippen LogP contribution in [0.4, 0.5) is 5.82 Å². The number of aromatic hydroxyl groups is 1. The Morgan fingerprint density at radius 1 is 1.22 bits per heavy atom. The molecule has 3 aliphatic carbocycles. The zero-order chi connectivity index (χ0) is 26.1. The third kappa shape index (κ3) is 3.18. The lowest BCUT2D eigenvalue weighted by atomic mass is 9.58. The molecule has 1 fully saturated rings. The molecule has 1 aromatic rings. The van der Waals surface area contributed by atoms with E-state index >= 15 is 0 Å². The number of carbonyl (C=O) groups excluding carboxylic acids is 3. The number of ketones is 2. The van der Waals surface area contributed by atoms with Crippen LogP contribution < -0.4 is 10.6 Å². The SMILES string of the molecule is CN(C)c1ncc(O)c2c1C[C@H]1C[C@H]3[C@H](N4CCOCC4)C(O)=C(C(N)=O)C(=O)[C@@]3(O)C(O)=C1C2=O. The van der Waals surface area contributed by atoms with Gasteiger partial charge < -0.3 is 35.8 Å². The predicted octanol–water partition coefficient (Wildman–Crippen LogP) is -0.648. The quantitative estimate of drug-likeness (QED) is 0.332. The number of primary amides is 1. The van der Waals surface area contributed by atoms with Crippen molar-refractivity contribution >= 4 is 23.3 Å². The van der Waals surface area contributed by atoms with Gasteiger partial charge in [0.15, 0.2) is 11.4 Å². The monoisotopic (exact) mass is 500 g/mol. The number of amides is 1. The highest BCUT2D eigenvalue weighted by atomic mass is 16.5. The van der Waals surface area contributed by atoms with Crippen molar-refractivity contribution in [1.29, 1.82) is 0 Å². The van der Waals surface area contributed by atoms with Crippen molar-refractivity contribution in [1.82, 2.24) is 9.88 Å². The van der Waals surface area contributed by atoms with E-state index in [0.717, 1.165) is 6.20 Å². The van der Waals surface area contributed by atoms with Gasteiger partial charge in [0.25, 0.3) is 5.91 Å². The number of pyridine rings is 1. The molecule has 12 heteroatoms. The maximum atomic E-state index is 13.6. The molecule has 5 rings (SSSR count). The van der Waals surface area contributed by atoms with Crippen molar-refractivity contribution in [3.8, 4) is 5.75 Å². The number of ether oxygens (including phenoxy) is 1. The van der Waals surface area contributed by atoms with E-state index in [-0.39, 0.29) is 29.7 Å². The molecule has 1 saturated heterocycles. The summed E-state index contributed by atoms with van der Waals surface area (Å²) >= 11 is 0. The molecular weight excluding hydrogens is 472 g/mol. The van der Waals surface area contributed by atoms with Gasteiger partial charge in [-0.2, -0.15) is 0 Å². The van der Waals surface area contributed by atoms with Gasteiger partial charge in [0.1, 0.15) is 28.7 Å². The van der Waals surface area contributed by atoms with Gasteiger partial charge >= 0.3 is 0 Å². The van der Waals surface area contributed by atoms with Crippen LogP contribution in [0.5, 0.6) is 5.75 Å². The Hall–Kier alpha value is -3.48. The molecule has 4 aliphatic rings. The molecule has 0 spiro atoms. The molecule has 1 aliphatic heterocycles. The summed E-state index contributed by atoms with van der Waals surface area (Å²) in [6, 6.07) is -1.02. The summed E-state index contributed by atoms with van der Waals surface area (Å²) in [5.74, 6) is -6.31. The minimum absolute atomic E-state index is 0.0352. The summed E-state index contributed by atoms with van der Waals surface area (Å²) in [7, 11) is 3.49. The molecule has 6 N–H and O–H groups in total. The first-order valence-corrected chi connectivity index (χ1v) is 11.7. The van der Waals surface area contributed by atoms with Crippen molar-refractivity contribution in [3.63, 3.8) is 0 Å². The van der Waals surface area contributed by atoms with Crippen LogP contribution in [0, 0.1) is 11.8 Å². The fraction of sp³-hybridized carbons (Fsp3) is 0.500. The van der Waals surface area contributed by atoms with Gasteiger partial charge in [-0.25, -0.2) is 4.98 Å². The van der Waals surface area contributed by atoms with Gasteiger partial charge in [0.2, 0.25) is 5.78 Å². The van der Waals surface area contributed by atoms with Crippen LogP contribution in [-0.2, 0) is 20.7 Å². The number of carbonyl (C=O) groups is 3. The first kappa shape index (κ1) is 24.2. The van der Waals surface area contributed by atoms with Crippen LogP contribution in [0.2, 0.25) is 0 Å². The highest BCUT2D eigenvalue weighted by Gasteiger charge is 2.63. The maximum Gasteiger partial charge on any atom is 0.255 e. The number of anilines is 1. The number of hydrogen-bond acceptors (Lipinski definition) is 11. The first-order chi connectivity index (χ1) is 17.0. The van der Waals surface area contributed by atoms with Crippen LogP contribution in [-0.4, -0.2) is 99.8 Å². The Bertz CT molecular complexity index is 1250. The molecule has 0 radical (unpaired) electrons. The number of hydrogen-bond donors (Lipinski definition) is 5. The number of fused-ring (bicyclic) bond motifs is 3. The Kier molecular flexibility index (Phi) is 5.58. The second-order valence-corrected chi connectivity index (χ2v) is 9.86. The number of aliphatic hydroxyl groups is 3. The second kappa shape index (κ2) is 8.29. The standard InChI is InChI=1S/C24H28N4O8/c1-27(2)23-11-7-10-8-12-17(28-3-5-36-6-4-28)19(31)16(22(25)34)21(33)24(12,35)20(32)14(10)18(30)15(11)13(29)9-26-23/h9-10,12,17,29,31-32,35H,3-8H2,1-2H3,(H2,25,34)/t10-,12-,17-,24-/m0/s1. The van der Waals surface area contributed by atoms with Crippen molar-refractivity contribution in [3.05, 3.63) is 40.0 Å². The highest BCUT2D eigenvalue weighted by Crippen LogP contribution is 2.53. The lowest BCUT2D eigenvalue weighted by molar-refractivity contribution is -0.151. The van der Waals surface area contributed by atoms with Gasteiger partial charge in [-0.1, -0.05) is 0 Å². The number of rotatable bonds is 3. The average Bonchev–Trinajstić information content (AvgIpc) is 2.82. The second-order valence-electron chi connectivity index (χ2n) is 9.86. The largest absolute Gasteiger partial charge is 0.510 e. The van der Waals surface area contributed by atoms with Crippen molar-refractivity contribution in [2.45, 2.75) is 24.5 Å². The van der Waals surface area contributed by atoms with E-state index in [1.165, 1.54) is 0 Å². The van der Waals surface area contributed by atoms with Gasteiger partial charge in [-0.05, 0) is 18.8 Å². The molecule has 1 amide bonds. The zero-order valence-corrected chi connectivity index (χ0v) is 19.9. The molecule has 0 saturated carbocycles. The Morgan fingerprint density at radius 2 is 1.89 bits per heavy atom. The van der Waals surface area contributed by atoms with Crippen LogP contribution in [0.1, 0.15) is 22.3 Å². The molecule has 36 heavy (non-hydrogen) atoms. The molecule has 192 valence electrons. The van der Waals surface area contributed by atoms with Gasteiger partial charge in [-0.15, -0.1) is 0 Å². The summed E-state index contributed by atoms with van der Waals surface area (Å²) in [5, 5.41) is 44.7. The zero-order valence-electron chi connectivity index (χ0n) is 19.9. The molecule has 4 atom stereocenters. The van der Waals surface area contributed by atoms with Crippen LogP contribution in [0.3, 0.4) is 0 Å². The summed E-state index contributed by atoms with van der Waals surface area (Å²) in [6.07, 6.45) is 1.36. The number of aromatic nitrogens is 1. The first-order valence-electron chi connectivity index (χ1n) is 11.7. The number of nitrogens with two attached hydrogens (primary N) is 1. The molecule has 12 nitrogen and oxygen atoms in total. The Morgan fingerprint density at radius 3 is 2.50 bits per heavy atom. The van der Waals surface area contributed by atoms with E-state index < -0.39 is 58.0 Å². The fourth-order valence-corrected chi connectivity index (χ4v) is 6.19. The lowest BCUT2D eigenvalue weighted by Gasteiger charge is -2.51. The van der Waals surface area contributed by atoms with Crippen LogP contribution in [0.25, 0.3) is 0 Å². The van der Waals surface area contributed by atoms with Crippen molar-refractivity contribution in [2.75, 3.05) is 45.3 Å². The fourth-order valence-electron chi connectivity index (χ4n) is 6.19. The number of morpholine rings is 1. The van der Waals surface area contributed by atoms with E-state index in [1.807, 2.05) is 0 Å². The Balaban J connectivity index is 1.71. The molecule has 0 bridgehead atoms. The topological polar surface area (TPSA) is 187 Å². The van der Waals surface area contributed by atoms with Crippen LogP contribution in [0.15, 0.2) is 28.9 Å². The van der Waals surface area contributed by atoms with E-state index in [1.54, 1.807) is 23.9 Å². The third-order valence-electron chi connectivity index (χ3n) is 7.76. The van der Waals surface area contributed by atoms with Gasteiger partial charge in [0.05, 0.1) is 31.0 Å². The number of Topliss-reactive ketones (excluding diaryl/α,β-unsaturated/α-hetero) is 2. The molecular formula is C24H28N4O8. The average molecular weight is 501 g/mol. The molecule has 0 aromatic carbocycles. The molecule has 0 unspecified atom stereocenters. The van der Waals surface area contributed by atoms with Crippen molar-refractivity contribution < 1.29 is 39.5 Å². The van der Waals surface area contributed by atoms with E-state index in [2.05, 4.69) is 4.98 Å². The van der Waals surface area contributed by atoms with E-state index in [4.69, 9.17) is 10.5 Å². The van der Waals surface area contributed by atoms with Gasteiger partial charge in [0, 0.05) is 44.2 Å². The van der Waals surface area contributed by atoms with Crippen LogP contribution >= 0.6 is 0 Å². The summed E-state index contributed by atoms with van der Waals surface area (Å²) in [5.41, 5.74) is 2.17. The molecule has 2 heterocycles. The van der Waals surface area contributed by atoms with E-state index in [0.29, 0.717) is 37.7 Å². The van der Waals surface area contributed by atoms with E-state index in [9.17, 15) is 34.8 Å². The predicted molar refractivity (Wildman–Crippen MR) is 125 cm³/mol.